The van der Waals surface area contributed by atoms with E-state index >= 15 is 0 Å². The number of carboxylic acid groups (broad SMARTS) is 1. The standard InChI is InChI=1S/C9H10FNO2/c1-5-2-3-6(7(10)4-5)8(11)9(12)13/h2-4,8H,11H2,1H3,(H,12,13)/t8-/m1/s1. The predicted octanol–water partition coefficient (Wildman–Crippen LogP) is 1.22. The molecule has 0 saturated carbocycles. The fourth-order valence-corrected chi connectivity index (χ4v) is 1.02. The first-order valence-electron chi connectivity index (χ1n) is 3.77. The molecule has 0 radical (unpaired) electrons. The van der Waals surface area contributed by atoms with Crippen molar-refractivity contribution >= 4 is 5.97 Å². The molecule has 13 heavy (non-hydrogen) atoms. The van der Waals surface area contributed by atoms with Gasteiger partial charge in [-0.05, 0) is 18.6 Å². The van der Waals surface area contributed by atoms with Crippen LogP contribution in [0.4, 0.5) is 4.39 Å². The Morgan fingerprint density at radius 2 is 2.23 bits per heavy atom. The summed E-state index contributed by atoms with van der Waals surface area (Å²) < 4.78 is 13.1. The zero-order valence-corrected chi connectivity index (χ0v) is 7.12. The normalized spacial score (nSPS) is 12.5. The molecule has 0 heterocycles. The highest BCUT2D eigenvalue weighted by Crippen LogP contribution is 2.16. The van der Waals surface area contributed by atoms with Gasteiger partial charge in [0.25, 0.3) is 0 Å². The van der Waals surface area contributed by atoms with Gasteiger partial charge in [-0.3, -0.25) is 4.79 Å². The van der Waals surface area contributed by atoms with Crippen molar-refractivity contribution in [3.05, 3.63) is 35.1 Å². The van der Waals surface area contributed by atoms with Gasteiger partial charge in [-0.25, -0.2) is 4.39 Å². The highest BCUT2D eigenvalue weighted by atomic mass is 19.1. The Balaban J connectivity index is 3.08. The molecular weight excluding hydrogens is 173 g/mol. The van der Waals surface area contributed by atoms with Crippen LogP contribution in [0.3, 0.4) is 0 Å². The van der Waals surface area contributed by atoms with Crippen molar-refractivity contribution in [2.24, 2.45) is 5.73 Å². The highest BCUT2D eigenvalue weighted by Gasteiger charge is 2.17. The number of rotatable bonds is 2. The number of hydrogen-bond acceptors (Lipinski definition) is 2. The molecule has 0 fully saturated rings. The molecule has 1 atom stereocenters. The Morgan fingerprint density at radius 3 is 2.69 bits per heavy atom. The van der Waals surface area contributed by atoms with Crippen LogP contribution in [-0.2, 0) is 4.79 Å². The molecule has 4 heteroatoms. The van der Waals surface area contributed by atoms with Crippen LogP contribution in [0.15, 0.2) is 18.2 Å². The van der Waals surface area contributed by atoms with Crippen molar-refractivity contribution in [3.8, 4) is 0 Å². The molecule has 0 saturated heterocycles. The molecule has 0 bridgehead atoms. The number of hydrogen-bond donors (Lipinski definition) is 2. The summed E-state index contributed by atoms with van der Waals surface area (Å²) in [4.78, 5) is 10.4. The summed E-state index contributed by atoms with van der Waals surface area (Å²) in [5.41, 5.74) is 6.00. The lowest BCUT2D eigenvalue weighted by molar-refractivity contribution is -0.138. The minimum absolute atomic E-state index is 0.0121. The second-order valence-electron chi connectivity index (χ2n) is 2.84. The number of aliphatic carboxylic acids is 1. The van der Waals surface area contributed by atoms with Crippen molar-refractivity contribution in [2.45, 2.75) is 13.0 Å². The van der Waals surface area contributed by atoms with Gasteiger partial charge in [-0.1, -0.05) is 12.1 Å². The van der Waals surface area contributed by atoms with Crippen LogP contribution in [0.5, 0.6) is 0 Å². The summed E-state index contributed by atoms with van der Waals surface area (Å²) in [5, 5.41) is 8.54. The summed E-state index contributed by atoms with van der Waals surface area (Å²) in [6.07, 6.45) is 0. The summed E-state index contributed by atoms with van der Waals surface area (Å²) in [6.45, 7) is 1.72. The second kappa shape index (κ2) is 3.53. The molecule has 3 N–H and O–H groups in total. The number of aryl methyl sites for hydroxylation is 1. The third kappa shape index (κ3) is 2.03. The van der Waals surface area contributed by atoms with E-state index in [9.17, 15) is 9.18 Å². The van der Waals surface area contributed by atoms with E-state index in [1.54, 1.807) is 13.0 Å². The summed E-state index contributed by atoms with van der Waals surface area (Å²) in [5.74, 6) is -1.81. The topological polar surface area (TPSA) is 63.3 Å². The van der Waals surface area contributed by atoms with Crippen molar-refractivity contribution in [1.29, 1.82) is 0 Å². The number of halogens is 1. The maximum absolute atomic E-state index is 13.1. The van der Waals surface area contributed by atoms with Gasteiger partial charge in [0.05, 0.1) is 0 Å². The van der Waals surface area contributed by atoms with Crippen LogP contribution >= 0.6 is 0 Å². The van der Waals surface area contributed by atoms with Gasteiger partial charge in [0.15, 0.2) is 0 Å². The minimum atomic E-state index is -1.29. The molecule has 0 amide bonds. The predicted molar refractivity (Wildman–Crippen MR) is 45.7 cm³/mol. The SMILES string of the molecule is Cc1ccc([C@@H](N)C(=O)O)c(F)c1. The van der Waals surface area contributed by atoms with E-state index in [0.717, 1.165) is 5.56 Å². The van der Waals surface area contributed by atoms with Crippen LogP contribution in [0.2, 0.25) is 0 Å². The molecule has 0 spiro atoms. The van der Waals surface area contributed by atoms with E-state index in [1.165, 1.54) is 12.1 Å². The molecule has 0 unspecified atom stereocenters. The number of benzene rings is 1. The van der Waals surface area contributed by atoms with Crippen LogP contribution in [0.1, 0.15) is 17.2 Å². The van der Waals surface area contributed by atoms with E-state index < -0.39 is 17.8 Å². The van der Waals surface area contributed by atoms with Crippen LogP contribution in [0, 0.1) is 12.7 Å². The van der Waals surface area contributed by atoms with Crippen LogP contribution in [-0.4, -0.2) is 11.1 Å². The van der Waals surface area contributed by atoms with Crippen molar-refractivity contribution in [3.63, 3.8) is 0 Å². The molecule has 0 aliphatic carbocycles. The van der Waals surface area contributed by atoms with Crippen LogP contribution in [0.25, 0.3) is 0 Å². The lowest BCUT2D eigenvalue weighted by atomic mass is 10.1. The van der Waals surface area contributed by atoms with E-state index in [0.29, 0.717) is 0 Å². The van der Waals surface area contributed by atoms with Crippen molar-refractivity contribution in [1.82, 2.24) is 0 Å². The fourth-order valence-electron chi connectivity index (χ4n) is 1.02. The Kier molecular flexibility index (Phi) is 2.63. The fraction of sp³-hybridized carbons (Fsp3) is 0.222. The summed E-state index contributed by atoms with van der Waals surface area (Å²) >= 11 is 0. The molecule has 3 nitrogen and oxygen atoms in total. The second-order valence-corrected chi connectivity index (χ2v) is 2.84. The monoisotopic (exact) mass is 183 g/mol. The first-order valence-corrected chi connectivity index (χ1v) is 3.77. The summed E-state index contributed by atoms with van der Waals surface area (Å²) in [6, 6.07) is 2.99. The first kappa shape index (κ1) is 9.67. The molecule has 1 aromatic carbocycles. The minimum Gasteiger partial charge on any atom is -0.480 e. The van der Waals surface area contributed by atoms with Gasteiger partial charge in [0.1, 0.15) is 11.9 Å². The molecule has 1 rings (SSSR count). The van der Waals surface area contributed by atoms with Crippen molar-refractivity contribution < 1.29 is 14.3 Å². The molecule has 0 aliphatic rings. The van der Waals surface area contributed by atoms with Gasteiger partial charge < -0.3 is 10.8 Å². The molecule has 70 valence electrons. The van der Waals surface area contributed by atoms with Crippen molar-refractivity contribution in [2.75, 3.05) is 0 Å². The average molecular weight is 183 g/mol. The third-order valence-corrected chi connectivity index (χ3v) is 1.76. The van der Waals surface area contributed by atoms with Crippen LogP contribution < -0.4 is 5.73 Å². The van der Waals surface area contributed by atoms with Gasteiger partial charge in [0.2, 0.25) is 0 Å². The number of carboxylic acids is 1. The largest absolute Gasteiger partial charge is 0.480 e. The molecule has 1 aromatic rings. The molecule has 0 aromatic heterocycles. The highest BCUT2D eigenvalue weighted by molar-refractivity contribution is 5.75. The van der Waals surface area contributed by atoms with Gasteiger partial charge in [-0.2, -0.15) is 0 Å². The lowest BCUT2D eigenvalue weighted by Gasteiger charge is -2.07. The van der Waals surface area contributed by atoms with E-state index in [-0.39, 0.29) is 5.56 Å². The summed E-state index contributed by atoms with van der Waals surface area (Å²) in [7, 11) is 0. The van der Waals surface area contributed by atoms with E-state index in [4.69, 9.17) is 10.8 Å². The Morgan fingerprint density at radius 1 is 1.62 bits per heavy atom. The Bertz CT molecular complexity index is 338. The van der Waals surface area contributed by atoms with E-state index in [1.807, 2.05) is 0 Å². The van der Waals surface area contributed by atoms with Gasteiger partial charge in [0, 0.05) is 5.56 Å². The van der Waals surface area contributed by atoms with Gasteiger partial charge >= 0.3 is 5.97 Å². The van der Waals surface area contributed by atoms with Gasteiger partial charge in [-0.15, -0.1) is 0 Å². The molecule has 0 aliphatic heterocycles. The maximum Gasteiger partial charge on any atom is 0.325 e. The maximum atomic E-state index is 13.1. The first-order chi connectivity index (χ1) is 6.02. The quantitative estimate of drug-likeness (QED) is 0.724. The average Bonchev–Trinajstić information content (AvgIpc) is 2.03. The lowest BCUT2D eigenvalue weighted by Crippen LogP contribution is -2.21. The third-order valence-electron chi connectivity index (χ3n) is 1.76. The Labute approximate surface area is 75.0 Å². The smallest absolute Gasteiger partial charge is 0.325 e. The number of nitrogens with two attached hydrogens (primary N) is 1. The zero-order valence-electron chi connectivity index (χ0n) is 7.12. The Hall–Kier alpha value is -1.42. The number of carbonyl (C=O) groups is 1. The molecular formula is C9H10FNO2. The van der Waals surface area contributed by atoms with E-state index in [2.05, 4.69) is 0 Å². The zero-order chi connectivity index (χ0) is 10.0.